The molecule has 0 aromatic rings. The van der Waals surface area contributed by atoms with Crippen molar-refractivity contribution in [2.45, 2.75) is 26.8 Å². The molecular weight excluding hydrogens is 158 g/mol. The third-order valence-electron chi connectivity index (χ3n) is 0.390. The minimum absolute atomic E-state index is 0.731. The Kier molecular flexibility index (Phi) is 22.7. The molecule has 5 nitrogen and oxygen atoms in total. The number of hydrogen-bond donors (Lipinski definition) is 2. The molecule has 1 atom stereocenters. The Morgan fingerprint density at radius 1 is 1.42 bits per heavy atom. The van der Waals surface area contributed by atoms with E-state index in [9.17, 15) is 4.79 Å². The first-order valence-corrected chi connectivity index (χ1v) is 3.07. The Bertz CT molecular complexity index is 164. The van der Waals surface area contributed by atoms with E-state index < -0.39 is 12.0 Å². The van der Waals surface area contributed by atoms with E-state index >= 15 is 0 Å². The van der Waals surface area contributed by atoms with Gasteiger partial charge in [-0.1, -0.05) is 0 Å². The minimum Gasteiger partial charge on any atom is -0.480 e. The number of hydrogen-bond acceptors (Lipinski definition) is 4. The molecule has 0 radical (unpaired) electrons. The molecule has 0 saturated heterocycles. The van der Waals surface area contributed by atoms with Gasteiger partial charge < -0.3 is 10.8 Å². The summed E-state index contributed by atoms with van der Waals surface area (Å²) in [7, 11) is 0. The summed E-state index contributed by atoms with van der Waals surface area (Å²) >= 11 is 0. The Balaban J connectivity index is -0.000000115. The summed E-state index contributed by atoms with van der Waals surface area (Å²) in [4.78, 5) is 9.57. The van der Waals surface area contributed by atoms with Crippen LogP contribution in [0.4, 0.5) is 0 Å². The van der Waals surface area contributed by atoms with Gasteiger partial charge in [-0.25, -0.2) is 0 Å². The van der Waals surface area contributed by atoms with Crippen LogP contribution in [0, 0.1) is 22.7 Å². The fourth-order valence-corrected chi connectivity index (χ4v) is 0. The number of rotatable bonds is 1. The molecule has 0 spiro atoms. The molecule has 0 bridgehead atoms. The average molecular weight is 171 g/mol. The summed E-state index contributed by atoms with van der Waals surface area (Å²) in [5, 5.41) is 22.5. The Morgan fingerprint density at radius 2 is 1.50 bits per heavy atom. The van der Waals surface area contributed by atoms with Crippen LogP contribution in [-0.4, -0.2) is 17.1 Å². The van der Waals surface area contributed by atoms with Crippen LogP contribution in [0.15, 0.2) is 0 Å². The van der Waals surface area contributed by atoms with E-state index in [4.69, 9.17) is 21.4 Å². The molecule has 0 aromatic heterocycles. The van der Waals surface area contributed by atoms with Gasteiger partial charge in [-0.05, 0) is 6.92 Å². The van der Waals surface area contributed by atoms with E-state index in [1.807, 2.05) is 0 Å². The standard InChI is InChI=1S/C3H7NO2.2C2H3N/c1-2(4)3(5)6;2*1-2-3/h2H,4H2,1H3,(H,5,6);2*1H3/t2-;;/m1../s1. The number of nitrogens with two attached hydrogens (primary N) is 1. The normalized spacial score (nSPS) is 8.17. The molecular formula is C7H13N3O2. The fraction of sp³-hybridized carbons (Fsp3) is 0.571. The van der Waals surface area contributed by atoms with Gasteiger partial charge in [0.2, 0.25) is 0 Å². The first kappa shape index (κ1) is 16.8. The lowest BCUT2D eigenvalue weighted by atomic mass is 10.4. The number of nitriles is 2. The molecule has 0 rings (SSSR count). The van der Waals surface area contributed by atoms with E-state index in [2.05, 4.69) is 0 Å². The van der Waals surface area contributed by atoms with Crippen molar-refractivity contribution in [1.29, 1.82) is 10.5 Å². The Hall–Kier alpha value is -1.59. The van der Waals surface area contributed by atoms with Crippen molar-refractivity contribution in [2.24, 2.45) is 5.73 Å². The average Bonchev–Trinajstić information content (AvgIpc) is 1.90. The van der Waals surface area contributed by atoms with Crippen molar-refractivity contribution in [3.63, 3.8) is 0 Å². The first-order valence-electron chi connectivity index (χ1n) is 3.07. The molecule has 5 heteroatoms. The monoisotopic (exact) mass is 171 g/mol. The zero-order valence-electron chi connectivity index (χ0n) is 7.40. The number of carbonyl (C=O) groups is 1. The molecule has 0 aliphatic carbocycles. The fourth-order valence-electron chi connectivity index (χ4n) is 0. The van der Waals surface area contributed by atoms with Crippen LogP contribution in [0.3, 0.4) is 0 Å². The lowest BCUT2D eigenvalue weighted by Crippen LogP contribution is -2.25. The summed E-state index contributed by atoms with van der Waals surface area (Å²) in [6.45, 7) is 4.28. The van der Waals surface area contributed by atoms with Gasteiger partial charge >= 0.3 is 5.97 Å². The Labute approximate surface area is 72.0 Å². The van der Waals surface area contributed by atoms with Crippen LogP contribution in [-0.2, 0) is 4.79 Å². The number of carboxylic acid groups (broad SMARTS) is 1. The summed E-state index contributed by atoms with van der Waals surface area (Å²) in [5.41, 5.74) is 4.84. The maximum atomic E-state index is 9.57. The van der Waals surface area contributed by atoms with Gasteiger partial charge in [0.05, 0.1) is 12.1 Å². The molecule has 12 heavy (non-hydrogen) atoms. The van der Waals surface area contributed by atoms with Crippen LogP contribution in [0.25, 0.3) is 0 Å². The van der Waals surface area contributed by atoms with Crippen LogP contribution in [0.5, 0.6) is 0 Å². The third-order valence-corrected chi connectivity index (χ3v) is 0.390. The molecule has 68 valence electrons. The summed E-state index contributed by atoms with van der Waals surface area (Å²) in [6.07, 6.45) is 0. The summed E-state index contributed by atoms with van der Waals surface area (Å²) in [5.74, 6) is -0.963. The van der Waals surface area contributed by atoms with Crippen LogP contribution in [0.1, 0.15) is 20.8 Å². The van der Waals surface area contributed by atoms with Crippen LogP contribution < -0.4 is 5.73 Å². The predicted octanol–water partition coefficient (Wildman–Crippen LogP) is 0.478. The van der Waals surface area contributed by atoms with Crippen molar-refractivity contribution in [3.05, 3.63) is 0 Å². The van der Waals surface area contributed by atoms with Gasteiger partial charge in [-0.15, -0.1) is 0 Å². The maximum absolute atomic E-state index is 9.57. The van der Waals surface area contributed by atoms with Gasteiger partial charge in [0, 0.05) is 13.8 Å². The lowest BCUT2D eigenvalue weighted by Gasteiger charge is -1.90. The van der Waals surface area contributed by atoms with Crippen LogP contribution >= 0.6 is 0 Å². The topological polar surface area (TPSA) is 111 Å². The quantitative estimate of drug-likeness (QED) is 0.596. The lowest BCUT2D eigenvalue weighted by molar-refractivity contribution is -0.138. The van der Waals surface area contributed by atoms with Gasteiger partial charge in [-0.3, -0.25) is 4.79 Å². The molecule has 0 aromatic carbocycles. The summed E-state index contributed by atoms with van der Waals surface area (Å²) in [6, 6.07) is 2.77. The largest absolute Gasteiger partial charge is 0.480 e. The SMILES string of the molecule is CC#N.CC#N.C[C@@H](N)C(=O)O. The highest BCUT2D eigenvalue weighted by Crippen LogP contribution is 1.68. The zero-order chi connectivity index (χ0) is 10.6. The zero-order valence-corrected chi connectivity index (χ0v) is 7.40. The second-order valence-corrected chi connectivity index (χ2v) is 1.57. The van der Waals surface area contributed by atoms with Gasteiger partial charge in [0.1, 0.15) is 6.04 Å². The van der Waals surface area contributed by atoms with Gasteiger partial charge in [-0.2, -0.15) is 10.5 Å². The molecule has 3 N–H and O–H groups in total. The van der Waals surface area contributed by atoms with Crippen molar-refractivity contribution in [1.82, 2.24) is 0 Å². The minimum atomic E-state index is -0.963. The Morgan fingerprint density at radius 3 is 1.50 bits per heavy atom. The van der Waals surface area contributed by atoms with Gasteiger partial charge in [0.25, 0.3) is 0 Å². The van der Waals surface area contributed by atoms with Crippen molar-refractivity contribution < 1.29 is 9.90 Å². The number of nitrogens with zero attached hydrogens (tertiary/aromatic N) is 2. The van der Waals surface area contributed by atoms with E-state index in [0.29, 0.717) is 0 Å². The molecule has 0 fully saturated rings. The van der Waals surface area contributed by atoms with Gasteiger partial charge in [0.15, 0.2) is 0 Å². The van der Waals surface area contributed by atoms with Crippen molar-refractivity contribution >= 4 is 5.97 Å². The molecule has 0 heterocycles. The maximum Gasteiger partial charge on any atom is 0.320 e. The van der Waals surface area contributed by atoms with Crippen molar-refractivity contribution in [3.8, 4) is 12.1 Å². The smallest absolute Gasteiger partial charge is 0.320 e. The van der Waals surface area contributed by atoms with E-state index in [-0.39, 0.29) is 0 Å². The van der Waals surface area contributed by atoms with E-state index in [1.165, 1.54) is 20.8 Å². The van der Waals surface area contributed by atoms with Crippen LogP contribution in [0.2, 0.25) is 0 Å². The molecule has 0 saturated carbocycles. The van der Waals surface area contributed by atoms with E-state index in [1.54, 1.807) is 12.1 Å². The van der Waals surface area contributed by atoms with Crippen molar-refractivity contribution in [2.75, 3.05) is 0 Å². The predicted molar refractivity (Wildman–Crippen MR) is 43.9 cm³/mol. The number of carboxylic acids is 1. The highest BCUT2D eigenvalue weighted by molar-refractivity contribution is 5.72. The second-order valence-electron chi connectivity index (χ2n) is 1.57. The second kappa shape index (κ2) is 16.2. The first-order chi connectivity index (χ1) is 5.47. The highest BCUT2D eigenvalue weighted by Gasteiger charge is 1.99. The third kappa shape index (κ3) is 79.5. The highest BCUT2D eigenvalue weighted by atomic mass is 16.4. The molecule has 0 unspecified atom stereocenters. The molecule has 0 aliphatic heterocycles. The summed E-state index contributed by atoms with van der Waals surface area (Å²) < 4.78 is 0. The number of aliphatic carboxylic acids is 1. The van der Waals surface area contributed by atoms with E-state index in [0.717, 1.165) is 0 Å². The molecule has 0 amide bonds. The molecule has 0 aliphatic rings.